The molecule has 9 aromatic rings. The van der Waals surface area contributed by atoms with Gasteiger partial charge in [-0.3, -0.25) is 0 Å². The van der Waals surface area contributed by atoms with Crippen LogP contribution in [0.25, 0.3) is 88.5 Å². The Hall–Kier alpha value is -6.38. The summed E-state index contributed by atoms with van der Waals surface area (Å²) in [6.07, 6.45) is 0. The Morgan fingerprint density at radius 1 is 0.353 bits per heavy atom. The van der Waals surface area contributed by atoms with Crippen molar-refractivity contribution in [2.75, 3.05) is 0 Å². The lowest BCUT2D eigenvalue weighted by molar-refractivity contribution is 0.660. The van der Waals surface area contributed by atoms with Gasteiger partial charge in [0, 0.05) is 21.9 Å². The van der Waals surface area contributed by atoms with Crippen molar-refractivity contribution in [2.24, 2.45) is 0 Å². The summed E-state index contributed by atoms with van der Waals surface area (Å²) in [5, 5.41) is 6.06. The second-order valence-electron chi connectivity index (χ2n) is 14.1. The summed E-state index contributed by atoms with van der Waals surface area (Å²) in [4.78, 5) is 10.6. The molecule has 240 valence electrons. The van der Waals surface area contributed by atoms with Crippen LogP contribution in [-0.2, 0) is 5.41 Å². The van der Waals surface area contributed by atoms with Gasteiger partial charge >= 0.3 is 0 Å². The van der Waals surface area contributed by atoms with Crippen molar-refractivity contribution >= 4 is 32.4 Å². The van der Waals surface area contributed by atoms with E-state index in [1.165, 1.54) is 66.1 Å². The summed E-state index contributed by atoms with van der Waals surface area (Å²) in [5.41, 5.74) is 14.1. The third-order valence-electron chi connectivity index (χ3n) is 10.9. The van der Waals surface area contributed by atoms with Crippen molar-refractivity contribution in [1.82, 2.24) is 9.97 Å². The highest BCUT2D eigenvalue weighted by Crippen LogP contribution is 2.52. The minimum Gasteiger partial charge on any atom is -0.228 e. The fourth-order valence-electron chi connectivity index (χ4n) is 8.51. The first-order valence-corrected chi connectivity index (χ1v) is 17.7. The van der Waals surface area contributed by atoms with Gasteiger partial charge in [0.05, 0.1) is 11.2 Å². The van der Waals surface area contributed by atoms with Crippen molar-refractivity contribution in [2.45, 2.75) is 19.3 Å². The lowest BCUT2D eigenvalue weighted by Crippen LogP contribution is -2.14. The van der Waals surface area contributed by atoms with E-state index in [1.807, 2.05) is 0 Å². The zero-order valence-electron chi connectivity index (χ0n) is 28.6. The van der Waals surface area contributed by atoms with Crippen LogP contribution in [0.1, 0.15) is 25.0 Å². The molecule has 1 aliphatic rings. The standard InChI is InChI=1S/C49H34N2/c1-49(2)41-24-12-10-21-38(41)46-40(23-14-25-42(46)49)48-50-43-26-13-11-22-39(43)47(51-48)33-29-27-32(28-30-33)45-36-19-8-6-17-34(36)44(31-15-4-3-5-16-31)35-18-7-9-20-37(35)45/h3-30H,1-2H3. The summed E-state index contributed by atoms with van der Waals surface area (Å²) in [6, 6.07) is 61.2. The second-order valence-corrected chi connectivity index (χ2v) is 14.1. The highest BCUT2D eigenvalue weighted by atomic mass is 14.9. The monoisotopic (exact) mass is 650 g/mol. The maximum absolute atomic E-state index is 5.38. The highest BCUT2D eigenvalue weighted by Gasteiger charge is 2.37. The van der Waals surface area contributed by atoms with E-state index < -0.39 is 0 Å². The molecule has 10 rings (SSSR count). The summed E-state index contributed by atoms with van der Waals surface area (Å²) in [7, 11) is 0. The molecule has 0 saturated heterocycles. The third-order valence-corrected chi connectivity index (χ3v) is 10.9. The van der Waals surface area contributed by atoms with E-state index in [2.05, 4.69) is 184 Å². The SMILES string of the molecule is CC1(C)c2ccccc2-c2c(-c3nc(-c4ccc(-c5c6ccccc6c(-c6ccccc6)c6ccccc56)cc4)c4ccccc4n3)cccc21. The lowest BCUT2D eigenvalue weighted by Gasteiger charge is -2.21. The van der Waals surface area contributed by atoms with Crippen LogP contribution in [0.5, 0.6) is 0 Å². The molecule has 0 aliphatic heterocycles. The van der Waals surface area contributed by atoms with Crippen LogP contribution in [0.2, 0.25) is 0 Å². The van der Waals surface area contributed by atoms with Crippen molar-refractivity contribution in [3.63, 3.8) is 0 Å². The average Bonchev–Trinajstić information content (AvgIpc) is 3.43. The van der Waals surface area contributed by atoms with Crippen LogP contribution < -0.4 is 0 Å². The van der Waals surface area contributed by atoms with E-state index in [4.69, 9.17) is 9.97 Å². The Bertz CT molecular complexity index is 2750. The van der Waals surface area contributed by atoms with Crippen LogP contribution in [0.4, 0.5) is 0 Å². The molecule has 0 unspecified atom stereocenters. The zero-order valence-corrected chi connectivity index (χ0v) is 28.6. The van der Waals surface area contributed by atoms with Gasteiger partial charge in [-0.15, -0.1) is 0 Å². The summed E-state index contributed by atoms with van der Waals surface area (Å²) >= 11 is 0. The molecular weight excluding hydrogens is 617 g/mol. The van der Waals surface area contributed by atoms with Crippen LogP contribution in [-0.4, -0.2) is 9.97 Å². The predicted molar refractivity (Wildman–Crippen MR) is 214 cm³/mol. The smallest absolute Gasteiger partial charge is 0.161 e. The van der Waals surface area contributed by atoms with Gasteiger partial charge in [0.2, 0.25) is 0 Å². The first-order valence-electron chi connectivity index (χ1n) is 17.7. The highest BCUT2D eigenvalue weighted by molar-refractivity contribution is 6.21. The molecule has 51 heavy (non-hydrogen) atoms. The summed E-state index contributed by atoms with van der Waals surface area (Å²) < 4.78 is 0. The number of fused-ring (bicyclic) bond motifs is 6. The fraction of sp³-hybridized carbons (Fsp3) is 0.0612. The Kier molecular flexibility index (Phi) is 6.56. The number of hydrogen-bond acceptors (Lipinski definition) is 2. The van der Waals surface area contributed by atoms with Gasteiger partial charge in [-0.1, -0.05) is 178 Å². The van der Waals surface area contributed by atoms with Crippen molar-refractivity contribution in [3.05, 3.63) is 181 Å². The minimum atomic E-state index is -0.0922. The van der Waals surface area contributed by atoms with Gasteiger partial charge < -0.3 is 0 Å². The topological polar surface area (TPSA) is 25.8 Å². The molecule has 0 N–H and O–H groups in total. The molecule has 1 heterocycles. The van der Waals surface area contributed by atoms with Crippen LogP contribution in [0.3, 0.4) is 0 Å². The maximum atomic E-state index is 5.38. The molecule has 8 aromatic carbocycles. The molecule has 0 atom stereocenters. The number of hydrogen-bond donors (Lipinski definition) is 0. The molecular formula is C49H34N2. The molecule has 0 amide bonds. The van der Waals surface area contributed by atoms with E-state index in [-0.39, 0.29) is 5.41 Å². The van der Waals surface area contributed by atoms with Gasteiger partial charge in [0.1, 0.15) is 0 Å². The molecule has 1 aromatic heterocycles. The van der Waals surface area contributed by atoms with E-state index in [1.54, 1.807) is 0 Å². The van der Waals surface area contributed by atoms with Crippen molar-refractivity contribution in [1.29, 1.82) is 0 Å². The largest absolute Gasteiger partial charge is 0.228 e. The first-order chi connectivity index (χ1) is 25.1. The molecule has 0 spiro atoms. The number of rotatable bonds is 4. The second kappa shape index (κ2) is 11.3. The summed E-state index contributed by atoms with van der Waals surface area (Å²) in [6.45, 7) is 4.63. The van der Waals surface area contributed by atoms with Crippen LogP contribution in [0, 0.1) is 0 Å². The molecule has 0 radical (unpaired) electrons. The normalized spacial score (nSPS) is 13.1. The molecule has 2 nitrogen and oxygen atoms in total. The number of aromatic nitrogens is 2. The Labute approximate surface area is 297 Å². The maximum Gasteiger partial charge on any atom is 0.161 e. The van der Waals surface area contributed by atoms with Gasteiger partial charge in [-0.25, -0.2) is 9.97 Å². The van der Waals surface area contributed by atoms with Crippen molar-refractivity contribution < 1.29 is 0 Å². The quantitative estimate of drug-likeness (QED) is 0.177. The number of nitrogens with zero attached hydrogens (tertiary/aromatic N) is 2. The minimum absolute atomic E-state index is 0.0922. The predicted octanol–water partition coefficient (Wildman–Crippen LogP) is 12.9. The molecule has 2 heteroatoms. The van der Waals surface area contributed by atoms with E-state index in [0.29, 0.717) is 0 Å². The van der Waals surface area contributed by atoms with Crippen LogP contribution >= 0.6 is 0 Å². The van der Waals surface area contributed by atoms with Crippen LogP contribution in [0.15, 0.2) is 170 Å². The third kappa shape index (κ3) is 4.50. The molecule has 0 fully saturated rings. The van der Waals surface area contributed by atoms with E-state index in [0.717, 1.165) is 33.5 Å². The number of para-hydroxylation sites is 1. The Balaban J connectivity index is 1.16. The number of benzene rings is 8. The fourth-order valence-corrected chi connectivity index (χ4v) is 8.51. The Morgan fingerprint density at radius 2 is 0.843 bits per heavy atom. The van der Waals surface area contributed by atoms with Gasteiger partial charge in [-0.2, -0.15) is 0 Å². The average molecular weight is 651 g/mol. The molecule has 0 saturated carbocycles. The Morgan fingerprint density at radius 3 is 1.51 bits per heavy atom. The van der Waals surface area contributed by atoms with Gasteiger partial charge in [-0.05, 0) is 72.1 Å². The first kappa shape index (κ1) is 29.5. The zero-order chi connectivity index (χ0) is 34.1. The lowest BCUT2D eigenvalue weighted by atomic mass is 9.82. The van der Waals surface area contributed by atoms with Crippen molar-refractivity contribution in [3.8, 4) is 56.0 Å². The van der Waals surface area contributed by atoms with E-state index in [9.17, 15) is 0 Å². The molecule has 0 bridgehead atoms. The molecule has 1 aliphatic carbocycles. The van der Waals surface area contributed by atoms with Gasteiger partial charge in [0.25, 0.3) is 0 Å². The van der Waals surface area contributed by atoms with E-state index >= 15 is 0 Å². The summed E-state index contributed by atoms with van der Waals surface area (Å²) in [5.74, 6) is 0.755. The van der Waals surface area contributed by atoms with Gasteiger partial charge in [0.15, 0.2) is 5.82 Å².